The van der Waals surface area contributed by atoms with Crippen LogP contribution in [0.15, 0.2) is 35.2 Å². The van der Waals surface area contributed by atoms with E-state index in [4.69, 9.17) is 4.42 Å². The summed E-state index contributed by atoms with van der Waals surface area (Å²) < 4.78 is 7.41. The van der Waals surface area contributed by atoms with Gasteiger partial charge in [-0.1, -0.05) is 6.92 Å². The number of hydrogen-bond donors (Lipinski definition) is 1. The van der Waals surface area contributed by atoms with E-state index in [9.17, 15) is 4.79 Å². The predicted octanol–water partition coefficient (Wildman–Crippen LogP) is 4.24. The van der Waals surface area contributed by atoms with E-state index >= 15 is 0 Å². The van der Waals surface area contributed by atoms with Gasteiger partial charge in [-0.3, -0.25) is 4.68 Å². The molecule has 1 N–H and O–H groups in total. The van der Waals surface area contributed by atoms with Crippen molar-refractivity contribution in [3.8, 4) is 0 Å². The van der Waals surface area contributed by atoms with Crippen LogP contribution in [0.5, 0.6) is 0 Å². The second-order valence-electron chi connectivity index (χ2n) is 7.63. The predicted molar refractivity (Wildman–Crippen MR) is 92.8 cm³/mol. The second kappa shape index (κ2) is 6.34. The number of nitrogens with one attached hydrogen (secondary N) is 1. The Balaban J connectivity index is 1.74. The van der Waals surface area contributed by atoms with Crippen molar-refractivity contribution in [1.82, 2.24) is 14.7 Å². The zero-order valence-corrected chi connectivity index (χ0v) is 14.8. The number of nitrogens with zero attached hydrogens (tertiary/aromatic N) is 3. The van der Waals surface area contributed by atoms with E-state index in [1.807, 2.05) is 27.9 Å². The van der Waals surface area contributed by atoms with Gasteiger partial charge in [-0.15, -0.1) is 0 Å². The molecule has 130 valence electrons. The van der Waals surface area contributed by atoms with Crippen molar-refractivity contribution in [3.05, 3.63) is 36.5 Å². The highest BCUT2D eigenvalue weighted by Gasteiger charge is 2.33. The minimum Gasteiger partial charge on any atom is -0.467 e. The molecule has 0 aliphatic carbocycles. The molecule has 0 bridgehead atoms. The minimum absolute atomic E-state index is 0.0126. The number of urea groups is 1. The number of furan rings is 1. The summed E-state index contributed by atoms with van der Waals surface area (Å²) in [5.41, 5.74) is 0.604. The lowest BCUT2D eigenvalue weighted by atomic mass is 9.91. The van der Waals surface area contributed by atoms with Gasteiger partial charge in [-0.2, -0.15) is 5.10 Å². The number of carbonyl (C=O) groups excluding carboxylic acids is 1. The summed E-state index contributed by atoms with van der Waals surface area (Å²) in [5.74, 6) is 1.43. The Kier molecular flexibility index (Phi) is 4.39. The van der Waals surface area contributed by atoms with Crippen LogP contribution in [0.1, 0.15) is 52.3 Å². The van der Waals surface area contributed by atoms with E-state index in [0.717, 1.165) is 25.1 Å². The summed E-state index contributed by atoms with van der Waals surface area (Å²) in [6, 6.07) is 3.71. The molecule has 1 aliphatic heterocycles. The van der Waals surface area contributed by atoms with Crippen LogP contribution in [0.3, 0.4) is 0 Å². The van der Waals surface area contributed by atoms with E-state index in [2.05, 4.69) is 38.1 Å². The molecule has 2 atom stereocenters. The first-order chi connectivity index (χ1) is 11.3. The average molecular weight is 330 g/mol. The summed E-state index contributed by atoms with van der Waals surface area (Å²) in [6.45, 7) is 9.17. The van der Waals surface area contributed by atoms with Crippen LogP contribution < -0.4 is 5.32 Å². The molecule has 2 amide bonds. The lowest BCUT2D eigenvalue weighted by molar-refractivity contribution is 0.129. The maximum Gasteiger partial charge on any atom is 0.322 e. The number of piperidine rings is 1. The molecule has 1 fully saturated rings. The van der Waals surface area contributed by atoms with Crippen molar-refractivity contribution >= 4 is 11.7 Å². The molecular formula is C18H26N4O2. The molecule has 6 heteroatoms. The molecule has 0 saturated carbocycles. The number of rotatable bonds is 2. The first kappa shape index (κ1) is 16.6. The molecule has 0 spiro atoms. The van der Waals surface area contributed by atoms with Gasteiger partial charge in [-0.25, -0.2) is 4.79 Å². The number of aromatic nitrogens is 2. The molecule has 2 aromatic heterocycles. The van der Waals surface area contributed by atoms with Gasteiger partial charge in [0, 0.05) is 12.7 Å². The van der Waals surface area contributed by atoms with Gasteiger partial charge in [0.2, 0.25) is 0 Å². The highest BCUT2D eigenvalue weighted by molar-refractivity contribution is 5.89. The molecule has 1 aliphatic rings. The standard InChI is InChI=1S/C18H26N4O2/c1-13-7-8-21(15(10-13)16-6-5-9-24-16)17(23)20-14-11-19-22(12-14)18(2,3)4/h5-6,9,11-13,15H,7-8,10H2,1-4H3,(H,20,23). The first-order valence-corrected chi connectivity index (χ1v) is 8.51. The molecule has 0 aromatic carbocycles. The molecule has 6 nitrogen and oxygen atoms in total. The van der Waals surface area contributed by atoms with Crippen LogP contribution in [0, 0.1) is 5.92 Å². The Bertz CT molecular complexity index is 684. The first-order valence-electron chi connectivity index (χ1n) is 8.51. The van der Waals surface area contributed by atoms with E-state index in [1.54, 1.807) is 12.5 Å². The van der Waals surface area contributed by atoms with E-state index in [0.29, 0.717) is 11.6 Å². The Morgan fingerprint density at radius 3 is 2.83 bits per heavy atom. The zero-order valence-electron chi connectivity index (χ0n) is 14.8. The van der Waals surface area contributed by atoms with Crippen molar-refractivity contribution in [3.63, 3.8) is 0 Å². The summed E-state index contributed by atoms with van der Waals surface area (Å²) in [5, 5.41) is 7.30. The normalized spacial score (nSPS) is 21.8. The minimum atomic E-state index is -0.111. The number of anilines is 1. The lowest BCUT2D eigenvalue weighted by Crippen LogP contribution is -2.42. The van der Waals surface area contributed by atoms with Crippen molar-refractivity contribution in [2.75, 3.05) is 11.9 Å². The molecule has 3 rings (SSSR count). The number of likely N-dealkylation sites (tertiary alicyclic amines) is 1. The quantitative estimate of drug-likeness (QED) is 0.896. The molecule has 0 radical (unpaired) electrons. The van der Waals surface area contributed by atoms with Crippen molar-refractivity contribution in [2.45, 2.75) is 52.1 Å². The van der Waals surface area contributed by atoms with Gasteiger partial charge in [-0.05, 0) is 51.7 Å². The number of carbonyl (C=O) groups is 1. The summed E-state index contributed by atoms with van der Waals surface area (Å²) in [6.07, 6.45) is 7.15. The fourth-order valence-electron chi connectivity index (χ4n) is 3.08. The fraction of sp³-hybridized carbons (Fsp3) is 0.556. The molecule has 2 unspecified atom stereocenters. The van der Waals surface area contributed by atoms with Gasteiger partial charge < -0.3 is 14.6 Å². The van der Waals surface area contributed by atoms with Gasteiger partial charge >= 0.3 is 6.03 Å². The average Bonchev–Trinajstić information content (AvgIpc) is 3.17. The molecule has 3 heterocycles. The van der Waals surface area contributed by atoms with Crippen molar-refractivity contribution in [1.29, 1.82) is 0 Å². The third kappa shape index (κ3) is 3.47. The Hall–Kier alpha value is -2.24. The zero-order chi connectivity index (χ0) is 17.3. The number of hydrogen-bond acceptors (Lipinski definition) is 3. The molecule has 2 aromatic rings. The monoisotopic (exact) mass is 330 g/mol. The second-order valence-corrected chi connectivity index (χ2v) is 7.63. The third-order valence-electron chi connectivity index (χ3n) is 4.52. The smallest absolute Gasteiger partial charge is 0.322 e. The Morgan fingerprint density at radius 1 is 1.42 bits per heavy atom. The van der Waals surface area contributed by atoms with Crippen LogP contribution in [0.4, 0.5) is 10.5 Å². The highest BCUT2D eigenvalue weighted by Crippen LogP contribution is 2.34. The van der Waals surface area contributed by atoms with E-state index in [-0.39, 0.29) is 17.6 Å². The maximum absolute atomic E-state index is 12.8. The van der Waals surface area contributed by atoms with Crippen LogP contribution in [-0.4, -0.2) is 27.3 Å². The van der Waals surface area contributed by atoms with Crippen LogP contribution >= 0.6 is 0 Å². The summed E-state index contributed by atoms with van der Waals surface area (Å²) in [7, 11) is 0. The van der Waals surface area contributed by atoms with Gasteiger partial charge in [0.25, 0.3) is 0 Å². The SMILES string of the molecule is CC1CCN(C(=O)Nc2cnn(C(C)(C)C)c2)C(c2ccco2)C1. The Morgan fingerprint density at radius 2 is 2.21 bits per heavy atom. The summed E-state index contributed by atoms with van der Waals surface area (Å²) >= 11 is 0. The van der Waals surface area contributed by atoms with Gasteiger partial charge in [0.1, 0.15) is 5.76 Å². The van der Waals surface area contributed by atoms with Gasteiger partial charge in [0.15, 0.2) is 0 Å². The van der Waals surface area contributed by atoms with Crippen molar-refractivity contribution < 1.29 is 9.21 Å². The largest absolute Gasteiger partial charge is 0.467 e. The molecular weight excluding hydrogens is 304 g/mol. The molecule has 1 saturated heterocycles. The lowest BCUT2D eigenvalue weighted by Gasteiger charge is -2.37. The fourth-order valence-corrected chi connectivity index (χ4v) is 3.08. The Labute approximate surface area is 142 Å². The topological polar surface area (TPSA) is 63.3 Å². The van der Waals surface area contributed by atoms with Crippen molar-refractivity contribution in [2.24, 2.45) is 5.92 Å². The van der Waals surface area contributed by atoms with E-state index < -0.39 is 0 Å². The van der Waals surface area contributed by atoms with Crippen LogP contribution in [-0.2, 0) is 5.54 Å². The maximum atomic E-state index is 12.8. The van der Waals surface area contributed by atoms with Crippen LogP contribution in [0.2, 0.25) is 0 Å². The van der Waals surface area contributed by atoms with Gasteiger partial charge in [0.05, 0.1) is 29.7 Å². The van der Waals surface area contributed by atoms with Crippen LogP contribution in [0.25, 0.3) is 0 Å². The number of amides is 2. The van der Waals surface area contributed by atoms with E-state index in [1.165, 1.54) is 0 Å². The third-order valence-corrected chi connectivity index (χ3v) is 4.52. The summed E-state index contributed by atoms with van der Waals surface area (Å²) in [4.78, 5) is 14.6. The highest BCUT2D eigenvalue weighted by atomic mass is 16.3. The molecule has 24 heavy (non-hydrogen) atoms.